The van der Waals surface area contributed by atoms with Crippen LogP contribution in [0, 0.1) is 21.4 Å². The van der Waals surface area contributed by atoms with E-state index in [4.69, 9.17) is 4.74 Å². The van der Waals surface area contributed by atoms with Gasteiger partial charge in [-0.3, -0.25) is 15.4 Å². The number of nitro benzene ring substituents is 1. The van der Waals surface area contributed by atoms with Crippen LogP contribution in [-0.4, -0.2) is 23.1 Å². The van der Waals surface area contributed by atoms with E-state index >= 15 is 0 Å². The zero-order valence-corrected chi connectivity index (χ0v) is 13.1. The maximum absolute atomic E-state index is 10.7. The Morgan fingerprint density at radius 3 is 2.75 bits per heavy atom. The van der Waals surface area contributed by atoms with Gasteiger partial charge in [-0.2, -0.15) is 5.26 Å². The number of ether oxygens (including phenoxy) is 1. The largest absolute Gasteiger partial charge is 0.489 e. The Morgan fingerprint density at radius 2 is 2.25 bits per heavy atom. The number of benzene rings is 1. The molecule has 0 bridgehead atoms. The van der Waals surface area contributed by atoms with Crippen molar-refractivity contribution in [1.29, 1.82) is 5.26 Å². The Kier molecular flexibility index (Phi) is 5.48. The minimum atomic E-state index is -0.863. The predicted molar refractivity (Wildman–Crippen MR) is 78.6 cm³/mol. The van der Waals surface area contributed by atoms with E-state index in [1.54, 1.807) is 13.0 Å². The highest BCUT2D eigenvalue weighted by molar-refractivity contribution is 9.10. The van der Waals surface area contributed by atoms with Crippen LogP contribution in [0.5, 0.6) is 5.75 Å². The molecular weight excluding hydrogens is 326 g/mol. The SMILES string of the molecule is CC(C)NC(C)(C#N)COc1cc([N+](=O)[O-])ccc1Br. The number of nitrogens with one attached hydrogen (secondary N) is 1. The van der Waals surface area contributed by atoms with Crippen LogP contribution in [0.4, 0.5) is 5.69 Å². The number of hydrogen-bond donors (Lipinski definition) is 1. The van der Waals surface area contributed by atoms with Gasteiger partial charge in [-0.25, -0.2) is 0 Å². The lowest BCUT2D eigenvalue weighted by Gasteiger charge is -2.26. The third-order valence-corrected chi connectivity index (χ3v) is 3.15. The van der Waals surface area contributed by atoms with Crippen LogP contribution in [0.3, 0.4) is 0 Å². The molecule has 0 aromatic heterocycles. The second-order valence-corrected chi connectivity index (χ2v) is 5.76. The Morgan fingerprint density at radius 1 is 1.60 bits per heavy atom. The van der Waals surface area contributed by atoms with Crippen molar-refractivity contribution in [3.8, 4) is 11.8 Å². The summed E-state index contributed by atoms with van der Waals surface area (Å²) in [7, 11) is 0. The highest BCUT2D eigenvalue weighted by atomic mass is 79.9. The summed E-state index contributed by atoms with van der Waals surface area (Å²) in [6.07, 6.45) is 0. The maximum Gasteiger partial charge on any atom is 0.273 e. The van der Waals surface area contributed by atoms with Crippen LogP contribution in [0.25, 0.3) is 0 Å². The van der Waals surface area contributed by atoms with Gasteiger partial charge in [0.25, 0.3) is 5.69 Å². The fourth-order valence-corrected chi connectivity index (χ4v) is 2.04. The monoisotopic (exact) mass is 341 g/mol. The van der Waals surface area contributed by atoms with Gasteiger partial charge < -0.3 is 4.74 Å². The molecule has 1 aromatic rings. The summed E-state index contributed by atoms with van der Waals surface area (Å²) in [6.45, 7) is 5.66. The molecule has 0 fully saturated rings. The van der Waals surface area contributed by atoms with Gasteiger partial charge in [0, 0.05) is 12.1 Å². The molecule has 1 rings (SSSR count). The van der Waals surface area contributed by atoms with Gasteiger partial charge >= 0.3 is 0 Å². The van der Waals surface area contributed by atoms with Crippen molar-refractivity contribution in [2.24, 2.45) is 0 Å². The lowest BCUT2D eigenvalue weighted by Crippen LogP contribution is -2.49. The summed E-state index contributed by atoms with van der Waals surface area (Å²) in [5.74, 6) is 0.339. The first kappa shape index (κ1) is 16.4. The number of nitrogens with zero attached hydrogens (tertiary/aromatic N) is 2. The van der Waals surface area contributed by atoms with E-state index in [2.05, 4.69) is 27.3 Å². The number of rotatable bonds is 6. The molecule has 0 spiro atoms. The Bertz CT molecular complexity index is 542. The minimum Gasteiger partial charge on any atom is -0.489 e. The van der Waals surface area contributed by atoms with E-state index < -0.39 is 10.5 Å². The topological polar surface area (TPSA) is 88.2 Å². The molecule has 108 valence electrons. The molecule has 0 amide bonds. The molecule has 1 unspecified atom stereocenters. The first-order valence-electron chi connectivity index (χ1n) is 6.03. The average Bonchev–Trinajstić information content (AvgIpc) is 2.36. The second-order valence-electron chi connectivity index (χ2n) is 4.90. The van der Waals surface area contributed by atoms with Crippen molar-refractivity contribution >= 4 is 21.6 Å². The number of hydrogen-bond acceptors (Lipinski definition) is 5. The smallest absolute Gasteiger partial charge is 0.273 e. The maximum atomic E-state index is 10.7. The molecule has 0 saturated carbocycles. The molecule has 0 aliphatic heterocycles. The van der Waals surface area contributed by atoms with Gasteiger partial charge in [-0.1, -0.05) is 0 Å². The lowest BCUT2D eigenvalue weighted by atomic mass is 10.1. The number of nitriles is 1. The van der Waals surface area contributed by atoms with Gasteiger partial charge in [-0.05, 0) is 42.8 Å². The van der Waals surface area contributed by atoms with E-state index in [1.807, 2.05) is 13.8 Å². The fraction of sp³-hybridized carbons (Fsp3) is 0.462. The molecule has 0 aliphatic carbocycles. The van der Waals surface area contributed by atoms with Gasteiger partial charge in [0.05, 0.1) is 21.5 Å². The van der Waals surface area contributed by atoms with Gasteiger partial charge in [0.2, 0.25) is 0 Å². The van der Waals surface area contributed by atoms with E-state index in [9.17, 15) is 15.4 Å². The van der Waals surface area contributed by atoms with Crippen molar-refractivity contribution in [3.05, 3.63) is 32.8 Å². The number of nitro groups is 1. The quantitative estimate of drug-likeness (QED) is 0.634. The average molecular weight is 342 g/mol. The molecule has 1 N–H and O–H groups in total. The van der Waals surface area contributed by atoms with Gasteiger partial charge in [-0.15, -0.1) is 0 Å². The minimum absolute atomic E-state index is 0.0568. The summed E-state index contributed by atoms with van der Waals surface area (Å²) < 4.78 is 6.15. The van der Waals surface area contributed by atoms with Crippen LogP contribution >= 0.6 is 15.9 Å². The lowest BCUT2D eigenvalue weighted by molar-refractivity contribution is -0.385. The van der Waals surface area contributed by atoms with E-state index in [-0.39, 0.29) is 18.3 Å². The van der Waals surface area contributed by atoms with Crippen LogP contribution < -0.4 is 10.1 Å². The van der Waals surface area contributed by atoms with E-state index in [1.165, 1.54) is 12.1 Å². The third kappa shape index (κ3) is 4.47. The van der Waals surface area contributed by atoms with Crippen molar-refractivity contribution in [2.45, 2.75) is 32.4 Å². The molecular formula is C13H16BrN3O3. The first-order valence-corrected chi connectivity index (χ1v) is 6.82. The zero-order valence-electron chi connectivity index (χ0n) is 11.5. The van der Waals surface area contributed by atoms with Crippen LogP contribution in [0.2, 0.25) is 0 Å². The second kappa shape index (κ2) is 6.68. The van der Waals surface area contributed by atoms with Crippen molar-refractivity contribution < 1.29 is 9.66 Å². The van der Waals surface area contributed by atoms with Crippen LogP contribution in [0.1, 0.15) is 20.8 Å². The highest BCUT2D eigenvalue weighted by Crippen LogP contribution is 2.29. The molecule has 0 heterocycles. The molecule has 7 heteroatoms. The van der Waals surface area contributed by atoms with Crippen molar-refractivity contribution in [1.82, 2.24) is 5.32 Å². The summed E-state index contributed by atoms with van der Waals surface area (Å²) >= 11 is 3.27. The highest BCUT2D eigenvalue weighted by Gasteiger charge is 2.26. The Hall–Kier alpha value is -1.65. The normalized spacial score (nSPS) is 13.6. The van der Waals surface area contributed by atoms with Crippen LogP contribution in [-0.2, 0) is 0 Å². The number of non-ortho nitro benzene ring substituents is 1. The number of halogens is 1. The Labute approximate surface area is 126 Å². The van der Waals surface area contributed by atoms with Crippen molar-refractivity contribution in [2.75, 3.05) is 6.61 Å². The molecule has 0 saturated heterocycles. The van der Waals surface area contributed by atoms with E-state index in [0.717, 1.165) is 0 Å². The molecule has 6 nitrogen and oxygen atoms in total. The fourth-order valence-electron chi connectivity index (χ4n) is 1.68. The molecule has 0 aliphatic rings. The summed E-state index contributed by atoms with van der Waals surface area (Å²) in [4.78, 5) is 10.2. The third-order valence-electron chi connectivity index (χ3n) is 2.50. The van der Waals surface area contributed by atoms with Gasteiger partial charge in [0.15, 0.2) is 0 Å². The molecule has 0 radical (unpaired) electrons. The zero-order chi connectivity index (χ0) is 15.3. The predicted octanol–water partition coefficient (Wildman–Crippen LogP) is 3.02. The van der Waals surface area contributed by atoms with Crippen molar-refractivity contribution in [3.63, 3.8) is 0 Å². The standard InChI is InChI=1S/C13H16BrN3O3/c1-9(2)16-13(3,7-15)8-20-12-6-10(17(18)19)4-5-11(12)14/h4-6,9,16H,8H2,1-3H3. The molecule has 1 atom stereocenters. The van der Waals surface area contributed by atoms with Crippen LogP contribution in [0.15, 0.2) is 22.7 Å². The summed E-state index contributed by atoms with van der Waals surface area (Å²) in [6, 6.07) is 6.53. The van der Waals surface area contributed by atoms with E-state index in [0.29, 0.717) is 10.2 Å². The molecule has 20 heavy (non-hydrogen) atoms. The van der Waals surface area contributed by atoms with Gasteiger partial charge in [0.1, 0.15) is 17.9 Å². The first-order chi connectivity index (χ1) is 9.27. The summed E-state index contributed by atoms with van der Waals surface area (Å²) in [5, 5.41) is 23.0. The molecule has 1 aromatic carbocycles. The Balaban J connectivity index is 2.86. The summed E-state index contributed by atoms with van der Waals surface area (Å²) in [5.41, 5.74) is -0.920.